The summed E-state index contributed by atoms with van der Waals surface area (Å²) in [4.78, 5) is 0. The summed E-state index contributed by atoms with van der Waals surface area (Å²) in [5.74, 6) is 1.87. The molecule has 1 rings (SSSR count). The Morgan fingerprint density at radius 1 is 1.17 bits per heavy atom. The molecule has 0 aromatic heterocycles. The fourth-order valence-electron chi connectivity index (χ4n) is 3.01. The molecular weight excluding hydrogens is 246 g/mol. The zero-order valence-electron chi connectivity index (χ0n) is 12.0. The molecule has 4 heteroatoms. The summed E-state index contributed by atoms with van der Waals surface area (Å²) >= 11 is 0. The van der Waals surface area contributed by atoms with Crippen LogP contribution in [-0.4, -0.2) is 33.5 Å². The van der Waals surface area contributed by atoms with Crippen LogP contribution >= 0.6 is 0 Å². The summed E-state index contributed by atoms with van der Waals surface area (Å²) in [6.45, 7) is 4.42. The third-order valence-electron chi connectivity index (χ3n) is 3.99. The lowest BCUT2D eigenvalue weighted by atomic mass is 9.77. The Balaban J connectivity index is 2.30. The Morgan fingerprint density at radius 2 is 1.83 bits per heavy atom. The molecule has 0 aromatic carbocycles. The second kappa shape index (κ2) is 8.16. The molecule has 0 aliphatic heterocycles. The normalized spacial score (nSPS) is 25.2. The van der Waals surface area contributed by atoms with E-state index in [4.69, 9.17) is 0 Å². The lowest BCUT2D eigenvalue weighted by Crippen LogP contribution is -2.31. The number of nitrogens with one attached hydrogen (secondary N) is 1. The molecular formula is C14H29NO2S. The third-order valence-corrected chi connectivity index (χ3v) is 5.02. The van der Waals surface area contributed by atoms with Crippen LogP contribution in [0.15, 0.2) is 0 Å². The van der Waals surface area contributed by atoms with Gasteiger partial charge in [0.1, 0.15) is 9.84 Å². The Bertz CT molecular complexity index is 314. The maximum Gasteiger partial charge on any atom is 0.147 e. The topological polar surface area (TPSA) is 46.2 Å². The maximum absolute atomic E-state index is 11.2. The number of hydrogen-bond acceptors (Lipinski definition) is 3. The molecule has 0 spiro atoms. The summed E-state index contributed by atoms with van der Waals surface area (Å²) < 4.78 is 22.3. The number of sulfone groups is 1. The van der Waals surface area contributed by atoms with Crippen LogP contribution in [0.4, 0.5) is 0 Å². The first kappa shape index (κ1) is 16.0. The third kappa shape index (κ3) is 6.74. The summed E-state index contributed by atoms with van der Waals surface area (Å²) in [7, 11) is -2.78. The molecule has 0 aromatic rings. The van der Waals surface area contributed by atoms with E-state index in [-0.39, 0.29) is 0 Å². The highest BCUT2D eigenvalue weighted by molar-refractivity contribution is 7.90. The van der Waals surface area contributed by atoms with E-state index in [9.17, 15) is 8.42 Å². The van der Waals surface area contributed by atoms with E-state index in [0.29, 0.717) is 5.75 Å². The van der Waals surface area contributed by atoms with Crippen LogP contribution in [0.2, 0.25) is 0 Å². The molecule has 1 aliphatic carbocycles. The summed E-state index contributed by atoms with van der Waals surface area (Å²) in [6, 6.07) is 0. The molecule has 2 unspecified atom stereocenters. The van der Waals surface area contributed by atoms with Crippen molar-refractivity contribution in [3.05, 3.63) is 0 Å². The molecule has 0 saturated heterocycles. The van der Waals surface area contributed by atoms with Crippen molar-refractivity contribution in [1.82, 2.24) is 5.32 Å². The zero-order valence-corrected chi connectivity index (χ0v) is 12.8. The molecule has 1 N–H and O–H groups in total. The van der Waals surface area contributed by atoms with Gasteiger partial charge in [-0.25, -0.2) is 8.42 Å². The van der Waals surface area contributed by atoms with E-state index < -0.39 is 9.84 Å². The monoisotopic (exact) mass is 275 g/mol. The maximum atomic E-state index is 11.2. The second-order valence-electron chi connectivity index (χ2n) is 5.78. The van der Waals surface area contributed by atoms with E-state index in [1.165, 1.54) is 38.4 Å². The number of rotatable bonds is 8. The highest BCUT2D eigenvalue weighted by atomic mass is 32.2. The van der Waals surface area contributed by atoms with Gasteiger partial charge in [-0.2, -0.15) is 0 Å². The van der Waals surface area contributed by atoms with Gasteiger partial charge in [-0.15, -0.1) is 0 Å². The molecule has 0 heterocycles. The van der Waals surface area contributed by atoms with Crippen molar-refractivity contribution in [2.75, 3.05) is 25.1 Å². The minimum Gasteiger partial charge on any atom is -0.316 e. The van der Waals surface area contributed by atoms with Gasteiger partial charge >= 0.3 is 0 Å². The molecule has 108 valence electrons. The van der Waals surface area contributed by atoms with E-state index in [0.717, 1.165) is 37.8 Å². The quantitative estimate of drug-likeness (QED) is 0.693. The van der Waals surface area contributed by atoms with Gasteiger partial charge in [0.2, 0.25) is 0 Å². The lowest BCUT2D eigenvalue weighted by Gasteiger charge is -2.32. The summed E-state index contributed by atoms with van der Waals surface area (Å²) in [5.41, 5.74) is 0. The van der Waals surface area contributed by atoms with Crippen LogP contribution < -0.4 is 5.32 Å². The van der Waals surface area contributed by atoms with Crippen molar-refractivity contribution in [1.29, 1.82) is 0 Å². The van der Waals surface area contributed by atoms with E-state index >= 15 is 0 Å². The Hall–Kier alpha value is -0.0900. The van der Waals surface area contributed by atoms with Crippen LogP contribution in [0, 0.1) is 11.8 Å². The van der Waals surface area contributed by atoms with E-state index in [1.807, 2.05) is 0 Å². The minimum atomic E-state index is -2.78. The van der Waals surface area contributed by atoms with Crippen molar-refractivity contribution in [2.45, 2.75) is 51.9 Å². The van der Waals surface area contributed by atoms with Gasteiger partial charge < -0.3 is 5.32 Å². The first-order chi connectivity index (χ1) is 8.53. The van der Waals surface area contributed by atoms with Gasteiger partial charge in [0, 0.05) is 12.0 Å². The van der Waals surface area contributed by atoms with Crippen molar-refractivity contribution in [2.24, 2.45) is 11.8 Å². The highest BCUT2D eigenvalue weighted by Gasteiger charge is 2.24. The van der Waals surface area contributed by atoms with Crippen LogP contribution in [0.25, 0.3) is 0 Å². The molecule has 1 fully saturated rings. The average molecular weight is 275 g/mol. The molecule has 2 atom stereocenters. The minimum absolute atomic E-state index is 0.360. The smallest absolute Gasteiger partial charge is 0.147 e. The zero-order chi connectivity index (χ0) is 13.4. The average Bonchev–Trinajstić information content (AvgIpc) is 2.30. The molecule has 0 radical (unpaired) electrons. The van der Waals surface area contributed by atoms with Gasteiger partial charge in [0.25, 0.3) is 0 Å². The van der Waals surface area contributed by atoms with E-state index in [1.54, 1.807) is 0 Å². The first-order valence-electron chi connectivity index (χ1n) is 7.41. The van der Waals surface area contributed by atoms with Crippen LogP contribution in [0.3, 0.4) is 0 Å². The van der Waals surface area contributed by atoms with Gasteiger partial charge in [0.05, 0.1) is 0 Å². The van der Waals surface area contributed by atoms with E-state index in [2.05, 4.69) is 12.2 Å². The SMILES string of the molecule is CCCNCC1CCCCC1CCCS(C)(=O)=O. The largest absolute Gasteiger partial charge is 0.316 e. The van der Waals surface area contributed by atoms with Crippen molar-refractivity contribution in [3.63, 3.8) is 0 Å². The Morgan fingerprint density at radius 3 is 2.44 bits per heavy atom. The van der Waals surface area contributed by atoms with Gasteiger partial charge in [-0.1, -0.05) is 26.2 Å². The van der Waals surface area contributed by atoms with Gasteiger partial charge in [0.15, 0.2) is 0 Å². The van der Waals surface area contributed by atoms with Gasteiger partial charge in [-0.05, 0) is 50.6 Å². The Labute approximate surface area is 113 Å². The standard InChI is InChI=1S/C14H29NO2S/c1-3-10-15-12-14-8-5-4-7-13(14)9-6-11-18(2,16)17/h13-15H,3-12H2,1-2H3. The van der Waals surface area contributed by atoms with Crippen molar-refractivity contribution < 1.29 is 8.42 Å². The summed E-state index contributed by atoms with van der Waals surface area (Å²) in [6.07, 6.45) is 9.75. The molecule has 0 bridgehead atoms. The summed E-state index contributed by atoms with van der Waals surface area (Å²) in [5, 5.41) is 3.52. The molecule has 1 saturated carbocycles. The van der Waals surface area contributed by atoms with Crippen LogP contribution in [0.5, 0.6) is 0 Å². The lowest BCUT2D eigenvalue weighted by molar-refractivity contribution is 0.217. The predicted octanol–water partition coefficient (Wildman–Crippen LogP) is 2.62. The molecule has 0 amide bonds. The molecule has 3 nitrogen and oxygen atoms in total. The Kier molecular flexibility index (Phi) is 7.23. The fourth-order valence-corrected chi connectivity index (χ4v) is 3.70. The van der Waals surface area contributed by atoms with Crippen LogP contribution in [0.1, 0.15) is 51.9 Å². The van der Waals surface area contributed by atoms with Crippen LogP contribution in [-0.2, 0) is 9.84 Å². The van der Waals surface area contributed by atoms with Crippen molar-refractivity contribution in [3.8, 4) is 0 Å². The second-order valence-corrected chi connectivity index (χ2v) is 8.04. The van der Waals surface area contributed by atoms with Crippen molar-refractivity contribution >= 4 is 9.84 Å². The number of hydrogen-bond donors (Lipinski definition) is 1. The molecule has 1 aliphatic rings. The fraction of sp³-hybridized carbons (Fsp3) is 1.00. The highest BCUT2D eigenvalue weighted by Crippen LogP contribution is 2.32. The molecule has 18 heavy (non-hydrogen) atoms. The predicted molar refractivity (Wildman–Crippen MR) is 77.6 cm³/mol. The first-order valence-corrected chi connectivity index (χ1v) is 9.47. The van der Waals surface area contributed by atoms with Gasteiger partial charge in [-0.3, -0.25) is 0 Å².